The van der Waals surface area contributed by atoms with E-state index in [4.69, 9.17) is 4.74 Å². The number of methoxy groups -OCH3 is 1. The minimum absolute atomic E-state index is 0.348. The van der Waals surface area contributed by atoms with E-state index in [1.807, 2.05) is 24.3 Å². The summed E-state index contributed by atoms with van der Waals surface area (Å²) in [5, 5.41) is 13.8. The van der Waals surface area contributed by atoms with Gasteiger partial charge in [-0.3, -0.25) is 9.89 Å². The Morgan fingerprint density at radius 3 is 2.38 bits per heavy atom. The number of benzene rings is 1. The van der Waals surface area contributed by atoms with Crippen molar-refractivity contribution in [3.05, 3.63) is 29.8 Å². The molecule has 0 aliphatic carbocycles. The monoisotopic (exact) mass is 362 g/mol. The number of ether oxygens (including phenoxy) is 1. The average Bonchev–Trinajstić information content (AvgIpc) is 2.65. The fourth-order valence-electron chi connectivity index (χ4n) is 3.19. The molecule has 1 fully saturated rings. The van der Waals surface area contributed by atoms with Gasteiger partial charge in [-0.15, -0.1) is 0 Å². The van der Waals surface area contributed by atoms with Crippen molar-refractivity contribution < 1.29 is 9.84 Å². The molecule has 146 valence electrons. The molecular weight excluding hydrogens is 328 g/mol. The normalized spacial score (nSPS) is 17.5. The Bertz CT molecular complexity index is 551. The first-order valence-electron chi connectivity index (χ1n) is 9.61. The van der Waals surface area contributed by atoms with E-state index in [0.717, 1.165) is 56.5 Å². The maximum atomic E-state index is 10.4. The zero-order valence-electron chi connectivity index (χ0n) is 16.6. The van der Waals surface area contributed by atoms with Crippen LogP contribution in [0.3, 0.4) is 0 Å². The SMILES string of the molecule is CCNC(=NCC(O)c1ccc(OC)cc1)N1CCN(CC(C)C)CC1. The van der Waals surface area contributed by atoms with Crippen molar-refractivity contribution >= 4 is 5.96 Å². The lowest BCUT2D eigenvalue weighted by Crippen LogP contribution is -2.53. The van der Waals surface area contributed by atoms with E-state index in [2.05, 4.69) is 40.9 Å². The summed E-state index contributed by atoms with van der Waals surface area (Å²) in [4.78, 5) is 9.48. The third-order valence-corrected chi connectivity index (χ3v) is 4.54. The molecule has 6 nitrogen and oxygen atoms in total. The first-order valence-corrected chi connectivity index (χ1v) is 9.61. The molecule has 2 rings (SSSR count). The number of hydrogen-bond acceptors (Lipinski definition) is 4. The first-order chi connectivity index (χ1) is 12.5. The predicted molar refractivity (Wildman–Crippen MR) is 107 cm³/mol. The number of rotatable bonds is 7. The second-order valence-corrected chi connectivity index (χ2v) is 7.17. The number of piperazine rings is 1. The summed E-state index contributed by atoms with van der Waals surface area (Å²) in [6.45, 7) is 13.0. The molecule has 1 heterocycles. The molecule has 1 aliphatic heterocycles. The average molecular weight is 363 g/mol. The second-order valence-electron chi connectivity index (χ2n) is 7.17. The number of aliphatic hydroxyl groups is 1. The van der Waals surface area contributed by atoms with E-state index in [0.29, 0.717) is 12.5 Å². The fraction of sp³-hybridized carbons (Fsp3) is 0.650. The molecule has 0 bridgehead atoms. The van der Waals surface area contributed by atoms with Gasteiger partial charge in [-0.05, 0) is 30.5 Å². The van der Waals surface area contributed by atoms with Gasteiger partial charge in [0.1, 0.15) is 5.75 Å². The Morgan fingerprint density at radius 1 is 1.19 bits per heavy atom. The molecule has 0 aromatic heterocycles. The van der Waals surface area contributed by atoms with E-state index in [1.165, 1.54) is 0 Å². The molecule has 0 saturated carbocycles. The number of nitrogens with one attached hydrogen (secondary N) is 1. The zero-order chi connectivity index (χ0) is 18.9. The smallest absolute Gasteiger partial charge is 0.194 e. The highest BCUT2D eigenvalue weighted by Gasteiger charge is 2.20. The number of nitrogens with zero attached hydrogens (tertiary/aromatic N) is 3. The highest BCUT2D eigenvalue weighted by Crippen LogP contribution is 2.18. The maximum absolute atomic E-state index is 10.4. The van der Waals surface area contributed by atoms with Crippen LogP contribution in [-0.4, -0.2) is 73.8 Å². The minimum atomic E-state index is -0.614. The maximum Gasteiger partial charge on any atom is 0.194 e. The number of aliphatic hydroxyl groups excluding tert-OH is 1. The van der Waals surface area contributed by atoms with E-state index < -0.39 is 6.10 Å². The minimum Gasteiger partial charge on any atom is -0.497 e. The molecular formula is C20H34N4O2. The first kappa shape index (κ1) is 20.5. The van der Waals surface area contributed by atoms with E-state index >= 15 is 0 Å². The van der Waals surface area contributed by atoms with Crippen LogP contribution < -0.4 is 10.1 Å². The molecule has 1 atom stereocenters. The lowest BCUT2D eigenvalue weighted by atomic mass is 10.1. The third-order valence-electron chi connectivity index (χ3n) is 4.54. The van der Waals surface area contributed by atoms with E-state index in [1.54, 1.807) is 7.11 Å². The summed E-state index contributed by atoms with van der Waals surface area (Å²) in [6, 6.07) is 7.50. The predicted octanol–water partition coefficient (Wildman–Crippen LogP) is 1.97. The van der Waals surface area contributed by atoms with Crippen molar-refractivity contribution in [1.82, 2.24) is 15.1 Å². The van der Waals surface area contributed by atoms with Gasteiger partial charge in [-0.2, -0.15) is 0 Å². The van der Waals surface area contributed by atoms with Gasteiger partial charge in [0.2, 0.25) is 0 Å². The molecule has 26 heavy (non-hydrogen) atoms. The quantitative estimate of drug-likeness (QED) is 0.574. The Kier molecular flexibility index (Phi) is 8.19. The molecule has 1 unspecified atom stereocenters. The molecule has 6 heteroatoms. The van der Waals surface area contributed by atoms with Gasteiger partial charge in [0.25, 0.3) is 0 Å². The summed E-state index contributed by atoms with van der Waals surface area (Å²) >= 11 is 0. The van der Waals surface area contributed by atoms with Crippen LogP contribution >= 0.6 is 0 Å². The van der Waals surface area contributed by atoms with Crippen LogP contribution in [0.15, 0.2) is 29.3 Å². The largest absolute Gasteiger partial charge is 0.497 e. The van der Waals surface area contributed by atoms with Gasteiger partial charge in [-0.25, -0.2) is 0 Å². The van der Waals surface area contributed by atoms with Crippen LogP contribution in [0, 0.1) is 5.92 Å². The molecule has 1 aliphatic rings. The van der Waals surface area contributed by atoms with E-state index in [-0.39, 0.29) is 0 Å². The van der Waals surface area contributed by atoms with Gasteiger partial charge >= 0.3 is 0 Å². The molecule has 1 aromatic carbocycles. The second kappa shape index (κ2) is 10.4. The van der Waals surface area contributed by atoms with E-state index in [9.17, 15) is 5.11 Å². The number of aliphatic imine (C=N–C) groups is 1. The van der Waals surface area contributed by atoms with Crippen molar-refractivity contribution in [2.24, 2.45) is 10.9 Å². The topological polar surface area (TPSA) is 60.3 Å². The standard InChI is InChI=1S/C20H34N4O2/c1-5-21-20(24-12-10-23(11-13-24)15-16(2)3)22-14-19(25)17-6-8-18(26-4)9-7-17/h6-9,16,19,25H,5,10-15H2,1-4H3,(H,21,22). The zero-order valence-corrected chi connectivity index (χ0v) is 16.6. The van der Waals surface area contributed by atoms with Crippen molar-refractivity contribution in [3.63, 3.8) is 0 Å². The summed E-state index contributed by atoms with van der Waals surface area (Å²) in [6.07, 6.45) is -0.614. The molecule has 2 N–H and O–H groups in total. The highest BCUT2D eigenvalue weighted by atomic mass is 16.5. The summed E-state index contributed by atoms with van der Waals surface area (Å²) in [5.41, 5.74) is 0.854. The van der Waals surface area contributed by atoms with Crippen LogP contribution in [0.2, 0.25) is 0 Å². The summed E-state index contributed by atoms with van der Waals surface area (Å²) < 4.78 is 5.16. The Balaban J connectivity index is 1.93. The Labute approximate surface area is 157 Å². The lowest BCUT2D eigenvalue weighted by Gasteiger charge is -2.37. The third kappa shape index (κ3) is 6.18. The molecule has 0 spiro atoms. The van der Waals surface area contributed by atoms with Gasteiger partial charge in [-0.1, -0.05) is 26.0 Å². The number of hydrogen-bond donors (Lipinski definition) is 2. The Hall–Kier alpha value is -1.79. The molecule has 0 amide bonds. The highest BCUT2D eigenvalue weighted by molar-refractivity contribution is 5.80. The lowest BCUT2D eigenvalue weighted by molar-refractivity contribution is 0.162. The van der Waals surface area contributed by atoms with Crippen LogP contribution in [0.5, 0.6) is 5.75 Å². The van der Waals surface area contributed by atoms with Crippen molar-refractivity contribution in [1.29, 1.82) is 0 Å². The van der Waals surface area contributed by atoms with Crippen LogP contribution in [0.4, 0.5) is 0 Å². The van der Waals surface area contributed by atoms with Crippen LogP contribution in [0.1, 0.15) is 32.4 Å². The summed E-state index contributed by atoms with van der Waals surface area (Å²) in [7, 11) is 1.64. The molecule has 0 radical (unpaired) electrons. The van der Waals surface area contributed by atoms with Gasteiger partial charge in [0, 0.05) is 39.3 Å². The molecule has 1 aromatic rings. The van der Waals surface area contributed by atoms with Crippen molar-refractivity contribution in [2.75, 3.05) is 52.9 Å². The van der Waals surface area contributed by atoms with Crippen molar-refractivity contribution in [2.45, 2.75) is 26.9 Å². The van der Waals surface area contributed by atoms with Crippen molar-refractivity contribution in [3.8, 4) is 5.75 Å². The van der Waals surface area contributed by atoms with Gasteiger partial charge in [0.05, 0.1) is 19.8 Å². The fourth-order valence-corrected chi connectivity index (χ4v) is 3.19. The number of guanidine groups is 1. The summed E-state index contributed by atoms with van der Waals surface area (Å²) in [5.74, 6) is 2.38. The van der Waals surface area contributed by atoms with Gasteiger partial charge < -0.3 is 20.1 Å². The van der Waals surface area contributed by atoms with Crippen LogP contribution in [-0.2, 0) is 0 Å². The Morgan fingerprint density at radius 2 is 1.85 bits per heavy atom. The molecule has 1 saturated heterocycles. The van der Waals surface area contributed by atoms with Gasteiger partial charge in [0.15, 0.2) is 5.96 Å². The van der Waals surface area contributed by atoms with Crippen LogP contribution in [0.25, 0.3) is 0 Å².